The Morgan fingerprint density at radius 3 is 0.674 bits per heavy atom. The molecule has 4 aromatic rings. The number of fused-ring (bicyclic) bond motifs is 2. The van der Waals surface area contributed by atoms with Gasteiger partial charge in [-0.3, -0.25) is 0 Å². The van der Waals surface area contributed by atoms with E-state index < -0.39 is 92.3 Å². The second kappa shape index (κ2) is 10.7. The summed E-state index contributed by atoms with van der Waals surface area (Å²) >= 11 is 0. The standard InChI is InChI=1S/C28H14O15/c29-21(30)13-1-9-5-17(25(37)38)19(7-11(9)3-15(13)23(33)34)27(41)43-28(42)20-8-12-4-16(24(35)36)14(22(31)32)2-10(12)6-18(20)26(39)40/h1-8H,(H,29,30)(H,31,32)(H,33,34)(H,35,36)(H,37,38)(H,39,40). The highest BCUT2D eigenvalue weighted by atomic mass is 16.6. The maximum Gasteiger partial charge on any atom is 0.346 e. The van der Waals surface area contributed by atoms with E-state index in [9.17, 15) is 69.0 Å². The van der Waals surface area contributed by atoms with Crippen molar-refractivity contribution in [2.45, 2.75) is 0 Å². The van der Waals surface area contributed by atoms with Gasteiger partial charge in [-0.2, -0.15) is 0 Å². The van der Waals surface area contributed by atoms with Crippen LogP contribution in [0.4, 0.5) is 0 Å². The first-order valence-corrected chi connectivity index (χ1v) is 11.5. The molecule has 15 heteroatoms. The molecule has 0 fully saturated rings. The van der Waals surface area contributed by atoms with Crippen molar-refractivity contribution >= 4 is 69.3 Å². The smallest absolute Gasteiger partial charge is 0.346 e. The molecular formula is C28H14O15. The predicted molar refractivity (Wildman–Crippen MR) is 139 cm³/mol. The maximum atomic E-state index is 13.0. The molecule has 15 nitrogen and oxygen atoms in total. The summed E-state index contributed by atoms with van der Waals surface area (Å²) in [5.74, 6) is -13.2. The van der Waals surface area contributed by atoms with Crippen LogP contribution in [0.1, 0.15) is 82.9 Å². The van der Waals surface area contributed by atoms with E-state index in [2.05, 4.69) is 0 Å². The van der Waals surface area contributed by atoms with Crippen LogP contribution in [0.2, 0.25) is 0 Å². The van der Waals surface area contributed by atoms with Crippen LogP contribution in [0.25, 0.3) is 21.5 Å². The van der Waals surface area contributed by atoms with Crippen molar-refractivity contribution in [2.24, 2.45) is 0 Å². The van der Waals surface area contributed by atoms with Crippen molar-refractivity contribution in [3.8, 4) is 0 Å². The molecule has 0 aliphatic heterocycles. The van der Waals surface area contributed by atoms with Crippen LogP contribution in [-0.4, -0.2) is 78.4 Å². The van der Waals surface area contributed by atoms with Gasteiger partial charge in [0.1, 0.15) is 0 Å². The Labute approximate surface area is 236 Å². The number of esters is 2. The molecule has 0 saturated heterocycles. The lowest BCUT2D eigenvalue weighted by molar-refractivity contribution is 0.0385. The second-order valence-corrected chi connectivity index (χ2v) is 8.79. The lowest BCUT2D eigenvalue weighted by Gasteiger charge is -2.12. The van der Waals surface area contributed by atoms with Crippen LogP contribution in [0.5, 0.6) is 0 Å². The molecule has 216 valence electrons. The van der Waals surface area contributed by atoms with Gasteiger partial charge in [0.25, 0.3) is 0 Å². The SMILES string of the molecule is O=C(O)c1cc2cc(C(=O)O)c(C(=O)OC(=O)c3cc4cc(C(=O)O)c(C(=O)O)cc4cc3C(=O)O)cc2cc1C(=O)O. The normalized spacial score (nSPS) is 10.7. The van der Waals surface area contributed by atoms with E-state index in [0.717, 1.165) is 48.5 Å². The summed E-state index contributed by atoms with van der Waals surface area (Å²) in [6.07, 6.45) is 0. The molecule has 0 atom stereocenters. The third kappa shape index (κ3) is 5.40. The fourth-order valence-electron chi connectivity index (χ4n) is 4.29. The first-order chi connectivity index (χ1) is 20.1. The van der Waals surface area contributed by atoms with E-state index in [0.29, 0.717) is 0 Å². The van der Waals surface area contributed by atoms with Gasteiger partial charge in [-0.05, 0) is 70.1 Å². The molecule has 0 aliphatic carbocycles. The minimum absolute atomic E-state index is 0.0830. The predicted octanol–water partition coefficient (Wildman–Crippen LogP) is 3.18. The zero-order chi connectivity index (χ0) is 31.9. The topological polar surface area (TPSA) is 267 Å². The van der Waals surface area contributed by atoms with Crippen LogP contribution < -0.4 is 0 Å². The van der Waals surface area contributed by atoms with E-state index in [4.69, 9.17) is 4.74 Å². The Kier molecular flexibility index (Phi) is 7.33. The lowest BCUT2D eigenvalue weighted by Crippen LogP contribution is -2.19. The van der Waals surface area contributed by atoms with Gasteiger partial charge >= 0.3 is 47.8 Å². The zero-order valence-corrected chi connectivity index (χ0v) is 21.0. The average Bonchev–Trinajstić information content (AvgIpc) is 2.93. The molecule has 0 unspecified atom stereocenters. The number of rotatable bonds is 8. The number of benzene rings is 4. The third-order valence-corrected chi connectivity index (χ3v) is 6.23. The summed E-state index contributed by atoms with van der Waals surface area (Å²) in [7, 11) is 0. The lowest BCUT2D eigenvalue weighted by atomic mass is 9.95. The number of aromatic carboxylic acids is 6. The number of carbonyl (C=O) groups is 8. The molecule has 0 bridgehead atoms. The Morgan fingerprint density at radius 1 is 0.326 bits per heavy atom. The van der Waals surface area contributed by atoms with Crippen molar-refractivity contribution in [3.63, 3.8) is 0 Å². The largest absolute Gasteiger partial charge is 0.478 e. The quantitative estimate of drug-likeness (QED) is 0.127. The first-order valence-electron chi connectivity index (χ1n) is 11.5. The molecular weight excluding hydrogens is 576 g/mol. The van der Waals surface area contributed by atoms with Gasteiger partial charge < -0.3 is 35.4 Å². The van der Waals surface area contributed by atoms with Crippen LogP contribution in [-0.2, 0) is 4.74 Å². The highest BCUT2D eigenvalue weighted by molar-refractivity contribution is 6.15. The number of hydrogen-bond acceptors (Lipinski definition) is 9. The average molecular weight is 590 g/mol. The molecule has 6 N–H and O–H groups in total. The van der Waals surface area contributed by atoms with Gasteiger partial charge in [0.15, 0.2) is 0 Å². The Bertz CT molecular complexity index is 1860. The molecule has 43 heavy (non-hydrogen) atoms. The molecule has 0 amide bonds. The summed E-state index contributed by atoms with van der Waals surface area (Å²) in [5, 5.41) is 56.3. The minimum atomic E-state index is -1.71. The van der Waals surface area contributed by atoms with Gasteiger partial charge in [0, 0.05) is 0 Å². The molecule has 4 aromatic carbocycles. The summed E-state index contributed by atoms with van der Waals surface area (Å²) in [5.41, 5.74) is -5.79. The van der Waals surface area contributed by atoms with Crippen LogP contribution in [0, 0.1) is 0 Å². The van der Waals surface area contributed by atoms with E-state index in [1.165, 1.54) is 0 Å². The van der Waals surface area contributed by atoms with Crippen molar-refractivity contribution in [1.82, 2.24) is 0 Å². The molecule has 0 heterocycles. The number of carbonyl (C=O) groups excluding carboxylic acids is 2. The molecule has 0 saturated carbocycles. The van der Waals surface area contributed by atoms with Gasteiger partial charge in [-0.15, -0.1) is 0 Å². The van der Waals surface area contributed by atoms with Crippen molar-refractivity contribution in [3.05, 3.63) is 93.0 Å². The summed E-state index contributed by atoms with van der Waals surface area (Å²) in [4.78, 5) is 95.9. The fourth-order valence-corrected chi connectivity index (χ4v) is 4.29. The van der Waals surface area contributed by atoms with Gasteiger partial charge in [-0.25, -0.2) is 38.4 Å². The van der Waals surface area contributed by atoms with Gasteiger partial charge in [0.2, 0.25) is 0 Å². The third-order valence-electron chi connectivity index (χ3n) is 6.23. The number of ether oxygens (including phenoxy) is 1. The minimum Gasteiger partial charge on any atom is -0.478 e. The van der Waals surface area contributed by atoms with Crippen LogP contribution in [0.15, 0.2) is 48.5 Å². The highest BCUT2D eigenvalue weighted by Gasteiger charge is 2.27. The van der Waals surface area contributed by atoms with Crippen LogP contribution in [0.3, 0.4) is 0 Å². The van der Waals surface area contributed by atoms with Crippen LogP contribution >= 0.6 is 0 Å². The van der Waals surface area contributed by atoms with E-state index in [1.54, 1.807) is 0 Å². The van der Waals surface area contributed by atoms with Crippen molar-refractivity contribution in [1.29, 1.82) is 0 Å². The first kappa shape index (κ1) is 29.3. The summed E-state index contributed by atoms with van der Waals surface area (Å²) in [6.45, 7) is 0. The second-order valence-electron chi connectivity index (χ2n) is 8.79. The number of carboxylic acids is 6. The van der Waals surface area contributed by atoms with Crippen molar-refractivity contribution in [2.75, 3.05) is 0 Å². The fraction of sp³-hybridized carbons (Fsp3) is 0. The molecule has 4 rings (SSSR count). The highest BCUT2D eigenvalue weighted by Crippen LogP contribution is 2.28. The summed E-state index contributed by atoms with van der Waals surface area (Å²) < 4.78 is 4.76. The molecule has 0 radical (unpaired) electrons. The number of carboxylic acid groups (broad SMARTS) is 6. The number of hydrogen-bond donors (Lipinski definition) is 6. The van der Waals surface area contributed by atoms with E-state index >= 15 is 0 Å². The maximum absolute atomic E-state index is 13.0. The monoisotopic (exact) mass is 590 g/mol. The Hall–Kier alpha value is -6.64. The Balaban J connectivity index is 1.83. The molecule has 0 aliphatic rings. The summed E-state index contributed by atoms with van der Waals surface area (Å²) in [6, 6.07) is 6.87. The van der Waals surface area contributed by atoms with Gasteiger partial charge in [0.05, 0.1) is 44.5 Å². The Morgan fingerprint density at radius 2 is 0.488 bits per heavy atom. The van der Waals surface area contributed by atoms with E-state index in [1.807, 2.05) is 0 Å². The van der Waals surface area contributed by atoms with E-state index in [-0.39, 0.29) is 21.5 Å². The van der Waals surface area contributed by atoms with Crippen molar-refractivity contribution < 1.29 is 73.7 Å². The molecule has 0 spiro atoms. The zero-order valence-electron chi connectivity index (χ0n) is 21.0. The molecule has 0 aromatic heterocycles. The van der Waals surface area contributed by atoms with Gasteiger partial charge in [-0.1, -0.05) is 0 Å².